The number of thiazole rings is 1. The summed E-state index contributed by atoms with van der Waals surface area (Å²) in [7, 11) is 3.61. The Labute approximate surface area is 115 Å². The molecule has 0 aliphatic heterocycles. The van der Waals surface area contributed by atoms with E-state index >= 15 is 0 Å². The van der Waals surface area contributed by atoms with E-state index in [0.29, 0.717) is 11.6 Å². The average molecular weight is 295 g/mol. The first-order chi connectivity index (χ1) is 8.49. The molecule has 0 bridgehead atoms. The summed E-state index contributed by atoms with van der Waals surface area (Å²) < 4.78 is 38.8. The number of nitrogens with zero attached hydrogens (tertiary/aromatic N) is 2. The van der Waals surface area contributed by atoms with Gasteiger partial charge in [-0.3, -0.25) is 0 Å². The fourth-order valence-corrected chi connectivity index (χ4v) is 2.57. The number of nitrogens with one attached hydrogen (secondary N) is 1. The van der Waals surface area contributed by atoms with Gasteiger partial charge in [-0.15, -0.1) is 11.3 Å². The fourth-order valence-electron chi connectivity index (χ4n) is 1.43. The summed E-state index contributed by atoms with van der Waals surface area (Å²) in [5.41, 5.74) is -0.986. The molecule has 0 radical (unpaired) electrons. The maximum Gasteiger partial charge on any atom is 0.434 e. The molecule has 1 aromatic heterocycles. The maximum atomic E-state index is 12.9. The van der Waals surface area contributed by atoms with Crippen LogP contribution in [-0.2, 0) is 19.3 Å². The van der Waals surface area contributed by atoms with Crippen molar-refractivity contribution in [2.75, 3.05) is 14.1 Å². The van der Waals surface area contributed by atoms with Crippen LogP contribution in [0.25, 0.3) is 0 Å². The minimum absolute atomic E-state index is 0.184. The molecule has 0 fully saturated rings. The second-order valence-electron chi connectivity index (χ2n) is 5.72. The molecule has 110 valence electrons. The van der Waals surface area contributed by atoms with Crippen LogP contribution in [0.2, 0.25) is 0 Å². The lowest BCUT2D eigenvalue weighted by Crippen LogP contribution is -2.35. The molecule has 1 aromatic rings. The van der Waals surface area contributed by atoms with Crippen molar-refractivity contribution < 1.29 is 13.2 Å². The van der Waals surface area contributed by atoms with E-state index in [2.05, 4.69) is 10.3 Å². The van der Waals surface area contributed by atoms with Gasteiger partial charge in [-0.05, 0) is 34.9 Å². The lowest BCUT2D eigenvalue weighted by atomic mass is 10.1. The molecule has 0 saturated heterocycles. The monoisotopic (exact) mass is 295 g/mol. The summed E-state index contributed by atoms with van der Waals surface area (Å²) in [6.45, 7) is 6.36. The van der Waals surface area contributed by atoms with Gasteiger partial charge in [0.05, 0.1) is 4.88 Å². The largest absolute Gasteiger partial charge is 0.434 e. The van der Waals surface area contributed by atoms with Gasteiger partial charge >= 0.3 is 6.18 Å². The number of rotatable bonds is 4. The van der Waals surface area contributed by atoms with Gasteiger partial charge in [-0.25, -0.2) is 4.98 Å². The van der Waals surface area contributed by atoms with E-state index in [4.69, 9.17) is 0 Å². The number of halogens is 3. The van der Waals surface area contributed by atoms with E-state index in [1.54, 1.807) is 4.90 Å². The van der Waals surface area contributed by atoms with Crippen molar-refractivity contribution >= 4 is 11.3 Å². The summed E-state index contributed by atoms with van der Waals surface area (Å²) in [6, 6.07) is 0. The quantitative estimate of drug-likeness (QED) is 0.925. The van der Waals surface area contributed by atoms with Crippen molar-refractivity contribution in [3.8, 4) is 0 Å². The Morgan fingerprint density at radius 3 is 2.21 bits per heavy atom. The van der Waals surface area contributed by atoms with Gasteiger partial charge in [-0.2, -0.15) is 13.2 Å². The van der Waals surface area contributed by atoms with Crippen molar-refractivity contribution in [1.29, 1.82) is 0 Å². The van der Waals surface area contributed by atoms with Crippen LogP contribution < -0.4 is 5.32 Å². The van der Waals surface area contributed by atoms with E-state index in [0.717, 1.165) is 11.3 Å². The first-order valence-electron chi connectivity index (χ1n) is 5.94. The van der Waals surface area contributed by atoms with Gasteiger partial charge in [0.25, 0.3) is 0 Å². The van der Waals surface area contributed by atoms with Crippen LogP contribution in [0.1, 0.15) is 36.3 Å². The zero-order chi connectivity index (χ0) is 14.8. The fraction of sp³-hybridized carbons (Fsp3) is 0.750. The molecule has 1 rings (SSSR count). The first kappa shape index (κ1) is 16.4. The van der Waals surface area contributed by atoms with Crippen molar-refractivity contribution in [2.24, 2.45) is 0 Å². The maximum absolute atomic E-state index is 12.9. The molecule has 0 aliphatic carbocycles. The van der Waals surface area contributed by atoms with E-state index < -0.39 is 11.9 Å². The molecule has 19 heavy (non-hydrogen) atoms. The van der Waals surface area contributed by atoms with E-state index in [1.165, 1.54) is 0 Å². The second kappa shape index (κ2) is 5.76. The molecule has 0 unspecified atom stereocenters. The third kappa shape index (κ3) is 5.46. The number of aromatic nitrogens is 1. The molecule has 1 N–H and O–H groups in total. The van der Waals surface area contributed by atoms with Crippen LogP contribution in [0.4, 0.5) is 13.2 Å². The average Bonchev–Trinajstić information content (AvgIpc) is 2.55. The highest BCUT2D eigenvalue weighted by Gasteiger charge is 2.37. The van der Waals surface area contributed by atoms with Crippen molar-refractivity contribution in [1.82, 2.24) is 15.2 Å². The van der Waals surface area contributed by atoms with Crippen LogP contribution in [0.3, 0.4) is 0 Å². The highest BCUT2D eigenvalue weighted by Crippen LogP contribution is 2.34. The Morgan fingerprint density at radius 2 is 1.79 bits per heavy atom. The zero-order valence-corrected chi connectivity index (χ0v) is 12.7. The number of alkyl halides is 3. The summed E-state index contributed by atoms with van der Waals surface area (Å²) in [5.74, 6) is 0. The van der Waals surface area contributed by atoms with Crippen LogP contribution in [-0.4, -0.2) is 29.5 Å². The summed E-state index contributed by atoms with van der Waals surface area (Å²) in [5, 5.41) is 3.56. The highest BCUT2D eigenvalue weighted by atomic mass is 32.1. The van der Waals surface area contributed by atoms with Gasteiger partial charge in [-0.1, -0.05) is 0 Å². The molecule has 0 atom stereocenters. The first-order valence-corrected chi connectivity index (χ1v) is 6.76. The normalized spacial score (nSPS) is 13.3. The van der Waals surface area contributed by atoms with Crippen molar-refractivity contribution in [3.05, 3.63) is 15.6 Å². The number of hydrogen-bond donors (Lipinski definition) is 1. The highest BCUT2D eigenvalue weighted by molar-refractivity contribution is 7.11. The smallest absolute Gasteiger partial charge is 0.307 e. The Hall–Kier alpha value is -0.660. The van der Waals surface area contributed by atoms with Gasteiger partial charge < -0.3 is 10.2 Å². The van der Waals surface area contributed by atoms with Crippen LogP contribution in [0.15, 0.2) is 0 Å². The molecule has 0 spiro atoms. The molecule has 3 nitrogen and oxygen atoms in total. The molecule has 0 aromatic carbocycles. The van der Waals surface area contributed by atoms with Gasteiger partial charge in [0.15, 0.2) is 5.69 Å². The Kier molecular flexibility index (Phi) is 4.97. The molecule has 1 heterocycles. The molecule has 0 saturated carbocycles. The topological polar surface area (TPSA) is 28.2 Å². The summed E-state index contributed by atoms with van der Waals surface area (Å²) >= 11 is 1.12. The van der Waals surface area contributed by atoms with E-state index in [9.17, 15) is 13.2 Å². The number of hydrogen-bond acceptors (Lipinski definition) is 4. The van der Waals surface area contributed by atoms with Crippen LogP contribution >= 0.6 is 11.3 Å². The second-order valence-corrected chi connectivity index (χ2v) is 6.89. The SMILES string of the molecule is CN(C)Cc1nc(C(F)(F)F)c(CNC(C)(C)C)s1. The summed E-state index contributed by atoms with van der Waals surface area (Å²) in [4.78, 5) is 5.79. The van der Waals surface area contributed by atoms with Gasteiger partial charge in [0.2, 0.25) is 0 Å². The van der Waals surface area contributed by atoms with Gasteiger partial charge in [0.1, 0.15) is 5.01 Å². The lowest BCUT2D eigenvalue weighted by Gasteiger charge is -2.20. The third-order valence-corrected chi connectivity index (χ3v) is 3.28. The van der Waals surface area contributed by atoms with Gasteiger partial charge in [0, 0.05) is 18.6 Å². The lowest BCUT2D eigenvalue weighted by molar-refractivity contribution is -0.141. The van der Waals surface area contributed by atoms with E-state index in [-0.39, 0.29) is 17.0 Å². The van der Waals surface area contributed by atoms with E-state index in [1.807, 2.05) is 34.9 Å². The molecule has 7 heteroatoms. The van der Waals surface area contributed by atoms with Crippen molar-refractivity contribution in [2.45, 2.75) is 45.6 Å². The Bertz CT molecular complexity index is 419. The molecule has 0 amide bonds. The molecular weight excluding hydrogens is 275 g/mol. The van der Waals surface area contributed by atoms with Crippen molar-refractivity contribution in [3.63, 3.8) is 0 Å². The Morgan fingerprint density at radius 1 is 1.21 bits per heavy atom. The molecule has 0 aliphatic rings. The minimum Gasteiger partial charge on any atom is -0.307 e. The third-order valence-electron chi connectivity index (χ3n) is 2.24. The summed E-state index contributed by atoms with van der Waals surface area (Å²) in [6.07, 6.45) is -4.39. The predicted octanol–water partition coefficient (Wildman–Crippen LogP) is 3.11. The van der Waals surface area contributed by atoms with Crippen LogP contribution in [0.5, 0.6) is 0 Å². The van der Waals surface area contributed by atoms with Crippen LogP contribution in [0, 0.1) is 0 Å². The Balaban J connectivity index is 2.96. The molecular formula is C12H20F3N3S. The standard InChI is InChI=1S/C12H20F3N3S/c1-11(2,3)16-6-8-10(12(13,14)15)17-9(19-8)7-18(4)5/h16H,6-7H2,1-5H3. The zero-order valence-electron chi connectivity index (χ0n) is 11.9. The predicted molar refractivity (Wildman–Crippen MR) is 71.1 cm³/mol. The minimum atomic E-state index is -4.39.